The summed E-state index contributed by atoms with van der Waals surface area (Å²) in [4.78, 5) is 0. The molecular formula is C26H32FNO. The highest BCUT2D eigenvalue weighted by atomic mass is 19.1. The van der Waals surface area contributed by atoms with E-state index in [2.05, 4.69) is 24.4 Å². The molecule has 6 rings (SSSR count). The van der Waals surface area contributed by atoms with Crippen molar-refractivity contribution in [2.24, 2.45) is 23.2 Å². The predicted molar refractivity (Wildman–Crippen MR) is 114 cm³/mol. The zero-order valence-corrected chi connectivity index (χ0v) is 17.4. The van der Waals surface area contributed by atoms with Crippen molar-refractivity contribution in [2.45, 2.75) is 64.6 Å². The number of para-hydroxylation sites is 1. The van der Waals surface area contributed by atoms with Crippen LogP contribution < -0.4 is 10.1 Å². The van der Waals surface area contributed by atoms with Gasteiger partial charge in [-0.25, -0.2) is 4.39 Å². The van der Waals surface area contributed by atoms with Crippen molar-refractivity contribution in [2.75, 3.05) is 0 Å². The maximum atomic E-state index is 13.1. The summed E-state index contributed by atoms with van der Waals surface area (Å²) < 4.78 is 19.2. The molecule has 0 heterocycles. The van der Waals surface area contributed by atoms with E-state index in [0.29, 0.717) is 18.1 Å². The first-order chi connectivity index (χ1) is 14.1. The number of nitrogens with one attached hydrogen (secondary N) is 1. The second-order valence-electron chi connectivity index (χ2n) is 9.91. The molecule has 1 atom stereocenters. The molecule has 0 aromatic heterocycles. The minimum atomic E-state index is -0.211. The molecule has 0 saturated heterocycles. The maximum Gasteiger partial charge on any atom is 0.124 e. The normalized spacial score (nSPS) is 31.0. The van der Waals surface area contributed by atoms with E-state index in [1.807, 2.05) is 12.1 Å². The highest BCUT2D eigenvalue weighted by molar-refractivity contribution is 5.33. The first kappa shape index (κ1) is 19.1. The van der Waals surface area contributed by atoms with E-state index in [0.717, 1.165) is 35.6 Å². The van der Waals surface area contributed by atoms with Gasteiger partial charge in [-0.15, -0.1) is 0 Å². The second kappa shape index (κ2) is 7.75. The molecule has 2 aromatic rings. The number of hydrogen-bond acceptors (Lipinski definition) is 2. The third-order valence-electron chi connectivity index (χ3n) is 7.88. The third kappa shape index (κ3) is 3.94. The quantitative estimate of drug-likeness (QED) is 0.614. The van der Waals surface area contributed by atoms with Crippen molar-refractivity contribution >= 4 is 0 Å². The van der Waals surface area contributed by atoms with Gasteiger partial charge in [0.05, 0.1) is 0 Å². The molecule has 2 nitrogen and oxygen atoms in total. The van der Waals surface area contributed by atoms with Crippen molar-refractivity contribution in [3.8, 4) is 5.75 Å². The lowest BCUT2D eigenvalue weighted by atomic mass is 9.48. The van der Waals surface area contributed by atoms with Crippen LogP contribution in [0.2, 0.25) is 0 Å². The van der Waals surface area contributed by atoms with Crippen LogP contribution in [0.15, 0.2) is 48.5 Å². The van der Waals surface area contributed by atoms with Crippen LogP contribution in [0.1, 0.15) is 56.6 Å². The molecule has 1 N–H and O–H groups in total. The van der Waals surface area contributed by atoms with Crippen LogP contribution in [-0.2, 0) is 13.2 Å². The second-order valence-corrected chi connectivity index (χ2v) is 9.91. The lowest BCUT2D eigenvalue weighted by Gasteiger charge is -2.59. The van der Waals surface area contributed by atoms with Crippen LogP contribution in [0.3, 0.4) is 0 Å². The van der Waals surface area contributed by atoms with E-state index in [9.17, 15) is 4.39 Å². The molecule has 0 aliphatic heterocycles. The topological polar surface area (TPSA) is 21.3 Å². The fourth-order valence-corrected chi connectivity index (χ4v) is 6.72. The number of halogens is 1. The Morgan fingerprint density at radius 1 is 0.966 bits per heavy atom. The standard InChI is InChI=1S/C26H32FNO/c1-18(26-13-20-10-21(14-26)12-22(11-20)15-26)28-16-23-4-2-3-5-25(23)29-17-19-6-8-24(27)9-7-19/h2-9,18,20-22,28H,10-17H2,1H3. The van der Waals surface area contributed by atoms with E-state index >= 15 is 0 Å². The summed E-state index contributed by atoms with van der Waals surface area (Å²) in [6.45, 7) is 3.71. The summed E-state index contributed by atoms with van der Waals surface area (Å²) >= 11 is 0. The summed E-state index contributed by atoms with van der Waals surface area (Å²) in [5, 5.41) is 3.87. The number of benzene rings is 2. The van der Waals surface area contributed by atoms with Crippen molar-refractivity contribution in [3.05, 3.63) is 65.5 Å². The summed E-state index contributed by atoms with van der Waals surface area (Å²) in [6.07, 6.45) is 8.76. The van der Waals surface area contributed by atoms with Gasteiger partial charge in [0.15, 0.2) is 0 Å². The molecule has 154 valence electrons. The molecule has 4 aliphatic rings. The molecule has 0 amide bonds. The highest BCUT2D eigenvalue weighted by Gasteiger charge is 2.52. The SMILES string of the molecule is CC(NCc1ccccc1OCc1ccc(F)cc1)C12CC3CC(CC(C3)C1)C2. The number of rotatable bonds is 7. The Hall–Kier alpha value is -1.87. The Kier molecular flexibility index (Phi) is 5.11. The Balaban J connectivity index is 1.22. The molecule has 0 radical (unpaired) electrons. The molecule has 0 spiro atoms. The lowest BCUT2D eigenvalue weighted by molar-refractivity contribution is -0.0706. The van der Waals surface area contributed by atoms with Crippen molar-refractivity contribution in [1.82, 2.24) is 5.32 Å². The monoisotopic (exact) mass is 393 g/mol. The number of ether oxygens (including phenoxy) is 1. The van der Waals surface area contributed by atoms with E-state index in [4.69, 9.17) is 4.74 Å². The first-order valence-electron chi connectivity index (χ1n) is 11.3. The van der Waals surface area contributed by atoms with Gasteiger partial charge in [0, 0.05) is 18.2 Å². The molecule has 29 heavy (non-hydrogen) atoms. The Morgan fingerprint density at radius 2 is 1.59 bits per heavy atom. The maximum absolute atomic E-state index is 13.1. The molecule has 1 unspecified atom stereocenters. The van der Waals surface area contributed by atoms with Crippen LogP contribution in [0, 0.1) is 29.0 Å². The van der Waals surface area contributed by atoms with Gasteiger partial charge in [-0.1, -0.05) is 30.3 Å². The predicted octanol–water partition coefficient (Wildman–Crippen LogP) is 6.10. The molecule has 4 bridgehead atoms. The molecule has 2 aromatic carbocycles. The van der Waals surface area contributed by atoms with Gasteiger partial charge in [0.25, 0.3) is 0 Å². The molecular weight excluding hydrogens is 361 g/mol. The summed E-state index contributed by atoms with van der Waals surface area (Å²) in [5.41, 5.74) is 2.70. The van der Waals surface area contributed by atoms with Gasteiger partial charge in [-0.05, 0) is 92.4 Å². The third-order valence-corrected chi connectivity index (χ3v) is 7.88. The van der Waals surface area contributed by atoms with Crippen molar-refractivity contribution in [3.63, 3.8) is 0 Å². The van der Waals surface area contributed by atoms with E-state index in [1.54, 1.807) is 12.1 Å². The Morgan fingerprint density at radius 3 is 2.24 bits per heavy atom. The van der Waals surface area contributed by atoms with Crippen molar-refractivity contribution < 1.29 is 9.13 Å². The van der Waals surface area contributed by atoms with E-state index < -0.39 is 0 Å². The first-order valence-corrected chi connectivity index (χ1v) is 11.3. The van der Waals surface area contributed by atoms with Gasteiger partial charge in [-0.2, -0.15) is 0 Å². The zero-order valence-electron chi connectivity index (χ0n) is 17.4. The summed E-state index contributed by atoms with van der Waals surface area (Å²) in [7, 11) is 0. The van der Waals surface area contributed by atoms with Crippen LogP contribution in [-0.4, -0.2) is 6.04 Å². The average Bonchev–Trinajstić information content (AvgIpc) is 2.71. The van der Waals surface area contributed by atoms with Crippen LogP contribution in [0.4, 0.5) is 4.39 Å². The van der Waals surface area contributed by atoms with Gasteiger partial charge >= 0.3 is 0 Å². The van der Waals surface area contributed by atoms with Crippen LogP contribution >= 0.6 is 0 Å². The summed E-state index contributed by atoms with van der Waals surface area (Å²) in [5.74, 6) is 3.66. The zero-order chi connectivity index (χ0) is 19.8. The largest absolute Gasteiger partial charge is 0.489 e. The lowest BCUT2D eigenvalue weighted by Crippen LogP contribution is -2.54. The van der Waals surface area contributed by atoms with Gasteiger partial charge < -0.3 is 10.1 Å². The molecule has 3 heteroatoms. The molecule has 4 fully saturated rings. The smallest absolute Gasteiger partial charge is 0.124 e. The average molecular weight is 394 g/mol. The molecule has 4 aliphatic carbocycles. The van der Waals surface area contributed by atoms with Gasteiger partial charge in [-0.3, -0.25) is 0 Å². The Bertz CT molecular complexity index is 811. The van der Waals surface area contributed by atoms with E-state index in [1.165, 1.54) is 56.2 Å². The van der Waals surface area contributed by atoms with Gasteiger partial charge in [0.1, 0.15) is 18.2 Å². The number of hydrogen-bond donors (Lipinski definition) is 1. The van der Waals surface area contributed by atoms with Crippen LogP contribution in [0.5, 0.6) is 5.75 Å². The minimum Gasteiger partial charge on any atom is -0.489 e. The summed E-state index contributed by atoms with van der Waals surface area (Å²) in [6, 6.07) is 15.4. The van der Waals surface area contributed by atoms with Crippen molar-refractivity contribution in [1.29, 1.82) is 0 Å². The highest BCUT2D eigenvalue weighted by Crippen LogP contribution is 2.61. The fraction of sp³-hybridized carbons (Fsp3) is 0.538. The van der Waals surface area contributed by atoms with Crippen LogP contribution in [0.25, 0.3) is 0 Å². The van der Waals surface area contributed by atoms with E-state index in [-0.39, 0.29) is 5.82 Å². The fourth-order valence-electron chi connectivity index (χ4n) is 6.72. The minimum absolute atomic E-state index is 0.211. The molecule has 4 saturated carbocycles. The Labute approximate surface area is 173 Å². The van der Waals surface area contributed by atoms with Gasteiger partial charge in [0.2, 0.25) is 0 Å².